The van der Waals surface area contributed by atoms with Crippen LogP contribution in [-0.4, -0.2) is 76.7 Å². The topological polar surface area (TPSA) is 193 Å². The molecular formula is C8H12N12O4. The molecule has 0 spiro atoms. The molecule has 0 aliphatic carbocycles. The number of rotatable bonds is 8. The predicted molar refractivity (Wildman–Crippen MR) is 72.6 cm³/mol. The quantitative estimate of drug-likeness (QED) is 0.385. The minimum absolute atomic E-state index is 0.0414. The van der Waals surface area contributed by atoms with E-state index in [9.17, 15) is 9.59 Å². The Morgan fingerprint density at radius 2 is 1.29 bits per heavy atom. The molecule has 2 aromatic heterocycles. The number of carbonyl (C=O) groups is 2. The Morgan fingerprint density at radius 1 is 0.917 bits per heavy atom. The van der Waals surface area contributed by atoms with E-state index in [-0.39, 0.29) is 11.9 Å². The average molecular weight is 340 g/mol. The Hall–Kier alpha value is -3.72. The van der Waals surface area contributed by atoms with Crippen molar-refractivity contribution in [1.29, 1.82) is 0 Å². The zero-order valence-electron chi connectivity index (χ0n) is 12.5. The van der Waals surface area contributed by atoms with Gasteiger partial charge in [0.2, 0.25) is 0 Å². The van der Waals surface area contributed by atoms with Crippen molar-refractivity contribution in [2.45, 2.75) is 13.1 Å². The Balaban J connectivity index is 2.10. The number of hydrogen-bond donors (Lipinski definition) is 2. The molecule has 16 heteroatoms. The number of carboxylic acids is 2. The Bertz CT molecular complexity index is 690. The molecule has 0 aromatic carbocycles. The van der Waals surface area contributed by atoms with Crippen LogP contribution in [-0.2, 0) is 22.7 Å². The highest BCUT2D eigenvalue weighted by atomic mass is 16.4. The van der Waals surface area contributed by atoms with Crippen molar-refractivity contribution >= 4 is 23.8 Å². The minimum atomic E-state index is -1.13. The third-order valence-corrected chi connectivity index (χ3v) is 2.48. The Kier molecular flexibility index (Phi) is 4.87. The lowest BCUT2D eigenvalue weighted by molar-refractivity contribution is -0.138. The molecule has 2 heterocycles. The van der Waals surface area contributed by atoms with Gasteiger partial charge in [-0.1, -0.05) is 10.2 Å². The van der Waals surface area contributed by atoms with E-state index in [1.54, 1.807) is 0 Å². The van der Waals surface area contributed by atoms with Gasteiger partial charge in [0.15, 0.2) is 0 Å². The van der Waals surface area contributed by atoms with Crippen LogP contribution < -0.4 is 10.0 Å². The summed E-state index contributed by atoms with van der Waals surface area (Å²) >= 11 is 0. The summed E-state index contributed by atoms with van der Waals surface area (Å²) < 4.78 is 2.02. The molecule has 0 saturated carbocycles. The molecule has 0 bridgehead atoms. The summed E-state index contributed by atoms with van der Waals surface area (Å²) in [7, 11) is 2.89. The molecule has 16 nitrogen and oxygen atoms in total. The van der Waals surface area contributed by atoms with Gasteiger partial charge in [0, 0.05) is 14.1 Å². The van der Waals surface area contributed by atoms with Gasteiger partial charge < -0.3 is 10.2 Å². The SMILES string of the molecule is CN(N=NN(C)c1nnnn1CC(=O)O)c1nnnn1CC(=O)O. The molecule has 0 radical (unpaired) electrons. The maximum Gasteiger partial charge on any atom is 0.325 e. The molecule has 0 unspecified atom stereocenters. The molecule has 2 N–H and O–H groups in total. The Morgan fingerprint density at radius 3 is 1.62 bits per heavy atom. The van der Waals surface area contributed by atoms with Gasteiger partial charge in [0.25, 0.3) is 11.9 Å². The lowest BCUT2D eigenvalue weighted by atomic mass is 10.6. The molecule has 0 amide bonds. The van der Waals surface area contributed by atoms with Crippen LogP contribution in [0.3, 0.4) is 0 Å². The van der Waals surface area contributed by atoms with Crippen LogP contribution in [0.2, 0.25) is 0 Å². The first kappa shape index (κ1) is 16.6. The average Bonchev–Trinajstić information content (AvgIpc) is 3.12. The van der Waals surface area contributed by atoms with E-state index >= 15 is 0 Å². The number of aliphatic carboxylic acids is 2. The molecule has 0 saturated heterocycles. The first-order valence-corrected chi connectivity index (χ1v) is 6.23. The molecule has 0 aliphatic rings. The highest BCUT2D eigenvalue weighted by Gasteiger charge is 2.16. The minimum Gasteiger partial charge on any atom is -0.480 e. The summed E-state index contributed by atoms with van der Waals surface area (Å²) in [5.41, 5.74) is 0. The predicted octanol–water partition coefficient (Wildman–Crippen LogP) is -2.32. The summed E-state index contributed by atoms with van der Waals surface area (Å²) in [5, 5.41) is 48.4. The van der Waals surface area contributed by atoms with Crippen LogP contribution in [0.25, 0.3) is 0 Å². The van der Waals surface area contributed by atoms with Crippen LogP contribution >= 0.6 is 0 Å². The number of anilines is 2. The molecule has 0 fully saturated rings. The molecular weight excluding hydrogens is 328 g/mol. The van der Waals surface area contributed by atoms with Crippen molar-refractivity contribution < 1.29 is 19.8 Å². The zero-order valence-corrected chi connectivity index (χ0v) is 12.5. The highest BCUT2D eigenvalue weighted by molar-refractivity contribution is 5.67. The fourth-order valence-corrected chi connectivity index (χ4v) is 1.52. The van der Waals surface area contributed by atoms with E-state index in [0.29, 0.717) is 0 Å². The van der Waals surface area contributed by atoms with Crippen molar-refractivity contribution in [2.75, 3.05) is 24.1 Å². The summed E-state index contributed by atoms with van der Waals surface area (Å²) in [5.74, 6) is -2.17. The number of tetrazole rings is 2. The van der Waals surface area contributed by atoms with E-state index in [0.717, 1.165) is 19.4 Å². The van der Waals surface area contributed by atoms with Crippen molar-refractivity contribution in [3.8, 4) is 0 Å². The van der Waals surface area contributed by atoms with Crippen LogP contribution in [0, 0.1) is 0 Å². The first-order valence-electron chi connectivity index (χ1n) is 6.23. The smallest absolute Gasteiger partial charge is 0.325 e. The maximum absolute atomic E-state index is 10.7. The first-order chi connectivity index (χ1) is 11.4. The molecule has 128 valence electrons. The van der Waals surface area contributed by atoms with Gasteiger partial charge in [-0.15, -0.1) is 0 Å². The zero-order chi connectivity index (χ0) is 17.7. The second-order valence-corrected chi connectivity index (χ2v) is 4.29. The second kappa shape index (κ2) is 7.03. The van der Waals surface area contributed by atoms with Crippen molar-refractivity contribution in [3.05, 3.63) is 0 Å². The third kappa shape index (κ3) is 3.93. The summed E-state index contributed by atoms with van der Waals surface area (Å²) in [6.45, 7) is -0.899. The molecule has 2 rings (SSSR count). The van der Waals surface area contributed by atoms with Gasteiger partial charge >= 0.3 is 11.9 Å². The van der Waals surface area contributed by atoms with E-state index in [1.807, 2.05) is 0 Å². The monoisotopic (exact) mass is 340 g/mol. The van der Waals surface area contributed by atoms with Gasteiger partial charge in [-0.2, -0.15) is 9.36 Å². The van der Waals surface area contributed by atoms with E-state index < -0.39 is 25.0 Å². The highest BCUT2D eigenvalue weighted by Crippen LogP contribution is 2.10. The second-order valence-electron chi connectivity index (χ2n) is 4.29. The normalized spacial score (nSPS) is 10.9. The molecule has 0 atom stereocenters. The summed E-state index contributed by atoms with van der Waals surface area (Å²) in [4.78, 5) is 21.4. The standard InChI is InChI=1S/C8H12N12O4/c1-17(7-9-11-13-19(7)3-5(21)22)15-16-18(2)8-10-12-14-20(8)4-6(23)24/h3-4H2,1-2H3,(H,21,22)(H,23,24). The van der Waals surface area contributed by atoms with Gasteiger partial charge in [-0.25, -0.2) is 10.0 Å². The van der Waals surface area contributed by atoms with Gasteiger partial charge in [-0.3, -0.25) is 9.59 Å². The number of carboxylic acid groups (broad SMARTS) is 2. The third-order valence-electron chi connectivity index (χ3n) is 2.48. The Labute approximate surface area is 132 Å². The van der Waals surface area contributed by atoms with E-state index in [1.165, 1.54) is 14.1 Å². The van der Waals surface area contributed by atoms with Crippen LogP contribution in [0.5, 0.6) is 0 Å². The number of aromatic nitrogens is 8. The fraction of sp³-hybridized carbons (Fsp3) is 0.500. The van der Waals surface area contributed by atoms with Gasteiger partial charge in [-0.05, 0) is 31.3 Å². The number of nitrogens with zero attached hydrogens (tertiary/aromatic N) is 12. The lowest BCUT2D eigenvalue weighted by Gasteiger charge is -2.12. The van der Waals surface area contributed by atoms with E-state index in [2.05, 4.69) is 41.5 Å². The van der Waals surface area contributed by atoms with Crippen LogP contribution in [0.15, 0.2) is 10.4 Å². The molecule has 0 aliphatic heterocycles. The molecule has 2 aromatic rings. The van der Waals surface area contributed by atoms with Gasteiger partial charge in [0.1, 0.15) is 13.1 Å². The largest absolute Gasteiger partial charge is 0.480 e. The number of hydrogen-bond acceptors (Lipinski definition) is 10. The summed E-state index contributed by atoms with van der Waals surface area (Å²) in [6, 6.07) is 0. The maximum atomic E-state index is 10.7. The van der Waals surface area contributed by atoms with Crippen LogP contribution in [0.1, 0.15) is 0 Å². The molecule has 24 heavy (non-hydrogen) atoms. The lowest BCUT2D eigenvalue weighted by Crippen LogP contribution is -2.21. The van der Waals surface area contributed by atoms with Crippen molar-refractivity contribution in [2.24, 2.45) is 10.4 Å². The van der Waals surface area contributed by atoms with Crippen molar-refractivity contribution in [3.63, 3.8) is 0 Å². The van der Waals surface area contributed by atoms with Crippen molar-refractivity contribution in [1.82, 2.24) is 40.4 Å². The van der Waals surface area contributed by atoms with Crippen LogP contribution in [0.4, 0.5) is 11.9 Å². The summed E-state index contributed by atoms with van der Waals surface area (Å²) in [6.07, 6.45) is 0. The fourth-order valence-electron chi connectivity index (χ4n) is 1.52. The van der Waals surface area contributed by atoms with E-state index in [4.69, 9.17) is 10.2 Å². The van der Waals surface area contributed by atoms with Gasteiger partial charge in [0.05, 0.1) is 0 Å².